The Morgan fingerprint density at radius 3 is 2.53 bits per heavy atom. The molecular weight excluding hydrogens is 430 g/mol. The van der Waals surface area contributed by atoms with E-state index in [1.54, 1.807) is 12.1 Å². The number of hydrogen-bond acceptors (Lipinski definition) is 6. The molecule has 1 aliphatic heterocycles. The quantitative estimate of drug-likeness (QED) is 0.576. The fourth-order valence-electron chi connectivity index (χ4n) is 3.76. The molecule has 0 saturated carbocycles. The molecule has 0 spiro atoms. The number of esters is 1. The monoisotopic (exact) mass is 453 g/mol. The lowest BCUT2D eigenvalue weighted by Gasteiger charge is -2.29. The van der Waals surface area contributed by atoms with E-state index in [0.29, 0.717) is 18.5 Å². The van der Waals surface area contributed by atoms with Crippen LogP contribution in [0.2, 0.25) is 0 Å². The van der Waals surface area contributed by atoms with Crippen LogP contribution in [0.15, 0.2) is 71.9 Å². The van der Waals surface area contributed by atoms with Crippen LogP contribution in [0.5, 0.6) is 0 Å². The van der Waals surface area contributed by atoms with Gasteiger partial charge in [-0.3, -0.25) is 14.6 Å². The molecule has 0 atom stereocenters. The highest BCUT2D eigenvalue weighted by atomic mass is 32.2. The minimum absolute atomic E-state index is 0.131. The highest BCUT2D eigenvalue weighted by Gasteiger charge is 2.33. The number of carbonyl (C=O) groups is 2. The lowest BCUT2D eigenvalue weighted by atomic mass is 9.98. The number of nitrogens with zero attached hydrogens (tertiary/aromatic N) is 2. The molecular formula is C23H23N3O5S. The van der Waals surface area contributed by atoms with E-state index in [2.05, 4.69) is 10.3 Å². The maximum absolute atomic E-state index is 12.7. The van der Waals surface area contributed by atoms with Crippen LogP contribution in [0.4, 0.5) is 5.69 Å². The van der Waals surface area contributed by atoms with Gasteiger partial charge in [-0.2, -0.15) is 4.31 Å². The summed E-state index contributed by atoms with van der Waals surface area (Å²) in [6, 6.07) is 16.3. The number of ether oxygens (including phenoxy) is 1. The zero-order chi connectivity index (χ0) is 22.6. The van der Waals surface area contributed by atoms with Crippen LogP contribution in [0.25, 0.3) is 10.8 Å². The summed E-state index contributed by atoms with van der Waals surface area (Å²) in [4.78, 5) is 28.7. The fourth-order valence-corrected chi connectivity index (χ4v) is 5.19. The number of hydrogen-bond donors (Lipinski definition) is 1. The van der Waals surface area contributed by atoms with Gasteiger partial charge in [0, 0.05) is 36.6 Å². The van der Waals surface area contributed by atoms with Gasteiger partial charge in [-0.1, -0.05) is 36.4 Å². The van der Waals surface area contributed by atoms with E-state index in [1.165, 1.54) is 22.8 Å². The highest BCUT2D eigenvalue weighted by molar-refractivity contribution is 7.89. The van der Waals surface area contributed by atoms with Gasteiger partial charge in [-0.15, -0.1) is 0 Å². The molecule has 0 aliphatic carbocycles. The molecule has 1 amide bonds. The number of fused-ring (bicyclic) bond motifs is 1. The number of aromatic nitrogens is 1. The van der Waals surface area contributed by atoms with Crippen molar-refractivity contribution in [3.8, 4) is 0 Å². The predicted molar refractivity (Wildman–Crippen MR) is 119 cm³/mol. The van der Waals surface area contributed by atoms with E-state index >= 15 is 0 Å². The summed E-state index contributed by atoms with van der Waals surface area (Å²) in [5.74, 6) is -1.36. The van der Waals surface area contributed by atoms with E-state index in [9.17, 15) is 18.0 Å². The molecule has 2 heterocycles. The minimum atomic E-state index is -3.63. The molecule has 0 radical (unpaired) electrons. The SMILES string of the molecule is O=C(COC(=O)C1CCN(S(=O)(=O)c2cccnc2)CC1)Nc1cccc2ccccc12. The van der Waals surface area contributed by atoms with Crippen molar-refractivity contribution in [1.82, 2.24) is 9.29 Å². The average molecular weight is 454 g/mol. The molecule has 1 aromatic heterocycles. The minimum Gasteiger partial charge on any atom is -0.455 e. The molecule has 2 aromatic carbocycles. The Bertz CT molecular complexity index is 1220. The third-order valence-electron chi connectivity index (χ3n) is 5.47. The third-order valence-corrected chi connectivity index (χ3v) is 7.35. The Hall–Kier alpha value is -3.30. The predicted octanol–water partition coefficient (Wildman–Crippen LogP) is 2.82. The lowest BCUT2D eigenvalue weighted by molar-refractivity contribution is -0.152. The van der Waals surface area contributed by atoms with Crippen LogP contribution in [0.3, 0.4) is 0 Å². The van der Waals surface area contributed by atoms with Crippen molar-refractivity contribution >= 4 is 38.4 Å². The first kappa shape index (κ1) is 21.9. The number of carbonyl (C=O) groups excluding carboxylic acids is 2. The van der Waals surface area contributed by atoms with Crippen molar-refractivity contribution in [2.45, 2.75) is 17.7 Å². The maximum atomic E-state index is 12.7. The summed E-state index contributed by atoms with van der Waals surface area (Å²) < 4.78 is 31.9. The van der Waals surface area contributed by atoms with Crippen molar-refractivity contribution in [2.75, 3.05) is 25.0 Å². The standard InChI is InChI=1S/C23H23N3O5S/c27-22(25-21-9-3-6-17-5-1-2-8-20(17)21)16-31-23(28)18-10-13-26(14-11-18)32(29,30)19-7-4-12-24-15-19/h1-9,12,15,18H,10-11,13-14,16H2,(H,25,27). The van der Waals surface area contributed by atoms with Gasteiger partial charge in [0.25, 0.3) is 5.91 Å². The largest absolute Gasteiger partial charge is 0.455 e. The number of piperidine rings is 1. The maximum Gasteiger partial charge on any atom is 0.309 e. The van der Waals surface area contributed by atoms with Crippen LogP contribution >= 0.6 is 0 Å². The molecule has 1 N–H and O–H groups in total. The second-order valence-corrected chi connectivity index (χ2v) is 9.49. The van der Waals surface area contributed by atoms with Gasteiger partial charge in [-0.05, 0) is 36.4 Å². The first-order chi connectivity index (χ1) is 15.4. The molecule has 166 valence electrons. The summed E-state index contributed by atoms with van der Waals surface area (Å²) in [6.45, 7) is 0.0225. The molecule has 0 bridgehead atoms. The van der Waals surface area contributed by atoms with E-state index < -0.39 is 34.4 Å². The van der Waals surface area contributed by atoms with Crippen LogP contribution in [0, 0.1) is 5.92 Å². The van der Waals surface area contributed by atoms with Crippen LogP contribution in [0.1, 0.15) is 12.8 Å². The zero-order valence-electron chi connectivity index (χ0n) is 17.3. The summed E-state index contributed by atoms with van der Waals surface area (Å²) in [5, 5.41) is 4.67. The summed E-state index contributed by atoms with van der Waals surface area (Å²) in [6.07, 6.45) is 3.49. The van der Waals surface area contributed by atoms with E-state index in [-0.39, 0.29) is 18.0 Å². The zero-order valence-corrected chi connectivity index (χ0v) is 18.1. The summed E-state index contributed by atoms with van der Waals surface area (Å²) in [7, 11) is -3.63. The number of anilines is 1. The number of rotatable bonds is 6. The van der Waals surface area contributed by atoms with Crippen molar-refractivity contribution in [1.29, 1.82) is 0 Å². The van der Waals surface area contributed by atoms with E-state index in [1.807, 2.05) is 36.4 Å². The summed E-state index contributed by atoms with van der Waals surface area (Å²) >= 11 is 0. The second-order valence-electron chi connectivity index (χ2n) is 7.55. The summed E-state index contributed by atoms with van der Waals surface area (Å²) in [5.41, 5.74) is 0.651. The number of benzene rings is 2. The van der Waals surface area contributed by atoms with Crippen molar-refractivity contribution in [3.05, 3.63) is 67.0 Å². The Kier molecular flexibility index (Phi) is 6.48. The van der Waals surface area contributed by atoms with Crippen LogP contribution < -0.4 is 5.32 Å². The Morgan fingerprint density at radius 1 is 1.03 bits per heavy atom. The Labute approximate surface area is 186 Å². The third kappa shape index (κ3) is 4.79. The number of pyridine rings is 1. The van der Waals surface area contributed by atoms with E-state index in [0.717, 1.165) is 10.8 Å². The average Bonchev–Trinajstić information content (AvgIpc) is 2.83. The van der Waals surface area contributed by atoms with Crippen molar-refractivity contribution in [2.24, 2.45) is 5.92 Å². The fraction of sp³-hybridized carbons (Fsp3) is 0.261. The second kappa shape index (κ2) is 9.46. The van der Waals surface area contributed by atoms with Gasteiger partial charge in [0.1, 0.15) is 4.90 Å². The Balaban J connectivity index is 1.28. The molecule has 3 aromatic rings. The molecule has 4 rings (SSSR count). The van der Waals surface area contributed by atoms with Crippen molar-refractivity contribution in [3.63, 3.8) is 0 Å². The van der Waals surface area contributed by atoms with Crippen LogP contribution in [-0.2, 0) is 24.3 Å². The van der Waals surface area contributed by atoms with Crippen LogP contribution in [-0.4, -0.2) is 49.3 Å². The van der Waals surface area contributed by atoms with Gasteiger partial charge in [-0.25, -0.2) is 8.42 Å². The van der Waals surface area contributed by atoms with Gasteiger partial charge in [0.15, 0.2) is 6.61 Å². The molecule has 1 saturated heterocycles. The van der Waals surface area contributed by atoms with Gasteiger partial charge < -0.3 is 10.1 Å². The topological polar surface area (TPSA) is 106 Å². The molecule has 0 unspecified atom stereocenters. The molecule has 1 fully saturated rings. The smallest absolute Gasteiger partial charge is 0.309 e. The van der Waals surface area contributed by atoms with Gasteiger partial charge >= 0.3 is 5.97 Å². The van der Waals surface area contributed by atoms with E-state index in [4.69, 9.17) is 4.74 Å². The normalized spacial score (nSPS) is 15.4. The first-order valence-electron chi connectivity index (χ1n) is 10.3. The Morgan fingerprint density at radius 2 is 1.78 bits per heavy atom. The van der Waals surface area contributed by atoms with Gasteiger partial charge in [0.05, 0.1) is 5.92 Å². The molecule has 32 heavy (non-hydrogen) atoms. The lowest BCUT2D eigenvalue weighted by Crippen LogP contribution is -2.40. The molecule has 1 aliphatic rings. The highest BCUT2D eigenvalue weighted by Crippen LogP contribution is 2.25. The number of sulfonamides is 1. The van der Waals surface area contributed by atoms with Crippen molar-refractivity contribution < 1.29 is 22.7 Å². The number of amides is 1. The first-order valence-corrected chi connectivity index (χ1v) is 11.7. The molecule has 8 nitrogen and oxygen atoms in total. The van der Waals surface area contributed by atoms with Gasteiger partial charge in [0.2, 0.25) is 10.0 Å². The molecule has 9 heteroatoms. The number of nitrogens with one attached hydrogen (secondary N) is 1.